The lowest BCUT2D eigenvalue weighted by atomic mass is 10.2. The van der Waals surface area contributed by atoms with Crippen molar-refractivity contribution in [3.05, 3.63) is 23.5 Å². The molecule has 0 unspecified atom stereocenters. The molecule has 0 saturated carbocycles. The summed E-state index contributed by atoms with van der Waals surface area (Å²) in [5.74, 6) is 0. The lowest BCUT2D eigenvalue weighted by Crippen LogP contribution is -2.02. The molecule has 14 heavy (non-hydrogen) atoms. The fraction of sp³-hybridized carbons (Fsp3) is 0.667. The molecule has 0 fully saturated rings. The van der Waals surface area contributed by atoms with Crippen molar-refractivity contribution in [3.8, 4) is 0 Å². The first-order chi connectivity index (χ1) is 6.75. The zero-order valence-electron chi connectivity index (χ0n) is 9.55. The lowest BCUT2D eigenvalue weighted by Gasteiger charge is -2.08. The van der Waals surface area contributed by atoms with Gasteiger partial charge in [-0.3, -0.25) is 0 Å². The van der Waals surface area contributed by atoms with Crippen molar-refractivity contribution in [1.82, 2.24) is 4.57 Å². The van der Waals surface area contributed by atoms with Crippen LogP contribution in [-0.2, 0) is 11.3 Å². The van der Waals surface area contributed by atoms with Gasteiger partial charge in [-0.1, -0.05) is 0 Å². The molecule has 1 aromatic heterocycles. The molecule has 0 spiro atoms. The second-order valence-electron chi connectivity index (χ2n) is 3.82. The summed E-state index contributed by atoms with van der Waals surface area (Å²) in [4.78, 5) is 0. The Bertz CT molecular complexity index is 246. The number of hydrogen-bond donors (Lipinski definition) is 0. The van der Waals surface area contributed by atoms with Crippen molar-refractivity contribution in [2.24, 2.45) is 0 Å². The molecule has 0 atom stereocenters. The van der Waals surface area contributed by atoms with E-state index in [-0.39, 0.29) is 0 Å². The van der Waals surface area contributed by atoms with E-state index in [1.165, 1.54) is 30.7 Å². The van der Waals surface area contributed by atoms with Gasteiger partial charge in [-0.25, -0.2) is 0 Å². The van der Waals surface area contributed by atoms with E-state index in [0.29, 0.717) is 0 Å². The van der Waals surface area contributed by atoms with Gasteiger partial charge in [0.05, 0.1) is 0 Å². The fourth-order valence-corrected chi connectivity index (χ4v) is 1.75. The van der Waals surface area contributed by atoms with Crippen LogP contribution in [-0.4, -0.2) is 18.3 Å². The smallest absolute Gasteiger partial charge is 0.0462 e. The third-order valence-electron chi connectivity index (χ3n) is 2.65. The topological polar surface area (TPSA) is 14.2 Å². The molecule has 1 heterocycles. The molecule has 0 amide bonds. The highest BCUT2D eigenvalue weighted by molar-refractivity contribution is 5.13. The summed E-state index contributed by atoms with van der Waals surface area (Å²) in [6.07, 6.45) is 3.68. The Morgan fingerprint density at radius 2 is 1.71 bits per heavy atom. The van der Waals surface area contributed by atoms with Crippen LogP contribution in [0.4, 0.5) is 0 Å². The standard InChI is InChI=1S/C12H21NO/c1-11-7-8-12(2)13(11)9-5-4-6-10-14-3/h7-8H,4-6,9-10H2,1-3H3. The molecule has 0 radical (unpaired) electrons. The first kappa shape index (κ1) is 11.3. The van der Waals surface area contributed by atoms with Crippen LogP contribution in [0.5, 0.6) is 0 Å². The maximum Gasteiger partial charge on any atom is 0.0462 e. The SMILES string of the molecule is COCCCCCn1c(C)ccc1C. The van der Waals surface area contributed by atoms with E-state index in [1.807, 2.05) is 0 Å². The Morgan fingerprint density at radius 1 is 1.07 bits per heavy atom. The first-order valence-electron chi connectivity index (χ1n) is 5.37. The van der Waals surface area contributed by atoms with E-state index in [1.54, 1.807) is 7.11 Å². The molecule has 0 N–H and O–H groups in total. The van der Waals surface area contributed by atoms with Gasteiger partial charge in [0.2, 0.25) is 0 Å². The number of hydrogen-bond acceptors (Lipinski definition) is 1. The third kappa shape index (κ3) is 3.18. The molecular formula is C12H21NO. The molecule has 2 heteroatoms. The molecular weight excluding hydrogens is 174 g/mol. The van der Waals surface area contributed by atoms with E-state index in [2.05, 4.69) is 30.5 Å². The highest BCUT2D eigenvalue weighted by atomic mass is 16.5. The molecule has 1 aromatic rings. The van der Waals surface area contributed by atoms with Crippen molar-refractivity contribution in [2.75, 3.05) is 13.7 Å². The number of nitrogens with zero attached hydrogens (tertiary/aromatic N) is 1. The Hall–Kier alpha value is -0.760. The summed E-state index contributed by atoms with van der Waals surface area (Å²) in [5, 5.41) is 0. The molecule has 0 aliphatic heterocycles. The molecule has 2 nitrogen and oxygen atoms in total. The van der Waals surface area contributed by atoms with Crippen molar-refractivity contribution in [2.45, 2.75) is 39.7 Å². The maximum atomic E-state index is 5.02. The van der Waals surface area contributed by atoms with Crippen LogP contribution in [0.2, 0.25) is 0 Å². The van der Waals surface area contributed by atoms with Gasteiger partial charge >= 0.3 is 0 Å². The van der Waals surface area contributed by atoms with Crippen LogP contribution in [0.25, 0.3) is 0 Å². The van der Waals surface area contributed by atoms with Crippen LogP contribution >= 0.6 is 0 Å². The zero-order valence-corrected chi connectivity index (χ0v) is 9.55. The highest BCUT2D eigenvalue weighted by Crippen LogP contribution is 2.09. The normalized spacial score (nSPS) is 10.8. The second kappa shape index (κ2) is 5.86. The molecule has 1 rings (SSSR count). The Balaban J connectivity index is 2.24. The molecule has 0 aromatic carbocycles. The average molecular weight is 195 g/mol. The summed E-state index contributed by atoms with van der Waals surface area (Å²) < 4.78 is 7.40. The van der Waals surface area contributed by atoms with Gasteiger partial charge in [-0.2, -0.15) is 0 Å². The van der Waals surface area contributed by atoms with Crippen molar-refractivity contribution < 1.29 is 4.74 Å². The summed E-state index contributed by atoms with van der Waals surface area (Å²) in [5.41, 5.74) is 2.74. The number of aromatic nitrogens is 1. The van der Waals surface area contributed by atoms with Crippen LogP contribution in [0.3, 0.4) is 0 Å². The van der Waals surface area contributed by atoms with Gasteiger partial charge in [0, 0.05) is 31.6 Å². The van der Waals surface area contributed by atoms with Crippen LogP contribution in [0.15, 0.2) is 12.1 Å². The zero-order chi connectivity index (χ0) is 10.4. The van der Waals surface area contributed by atoms with E-state index >= 15 is 0 Å². The van der Waals surface area contributed by atoms with Gasteiger partial charge in [-0.05, 0) is 45.2 Å². The Labute approximate surface area is 86.9 Å². The molecule has 80 valence electrons. The maximum absolute atomic E-state index is 5.02. The fourth-order valence-electron chi connectivity index (χ4n) is 1.75. The Kier molecular flexibility index (Phi) is 4.74. The van der Waals surface area contributed by atoms with Gasteiger partial charge < -0.3 is 9.30 Å². The molecule has 0 aliphatic rings. The van der Waals surface area contributed by atoms with Crippen molar-refractivity contribution in [1.29, 1.82) is 0 Å². The summed E-state index contributed by atoms with van der Waals surface area (Å²) in [6, 6.07) is 4.37. The lowest BCUT2D eigenvalue weighted by molar-refractivity contribution is 0.191. The van der Waals surface area contributed by atoms with Crippen molar-refractivity contribution in [3.63, 3.8) is 0 Å². The largest absolute Gasteiger partial charge is 0.385 e. The van der Waals surface area contributed by atoms with Gasteiger partial charge in [0.1, 0.15) is 0 Å². The van der Waals surface area contributed by atoms with Gasteiger partial charge in [-0.15, -0.1) is 0 Å². The quantitative estimate of drug-likeness (QED) is 0.637. The van der Waals surface area contributed by atoms with Gasteiger partial charge in [0.15, 0.2) is 0 Å². The Morgan fingerprint density at radius 3 is 2.29 bits per heavy atom. The molecule has 0 saturated heterocycles. The highest BCUT2D eigenvalue weighted by Gasteiger charge is 1.99. The van der Waals surface area contributed by atoms with Crippen molar-refractivity contribution >= 4 is 0 Å². The number of aryl methyl sites for hydroxylation is 2. The minimum absolute atomic E-state index is 0.893. The predicted molar refractivity (Wildman–Crippen MR) is 59.6 cm³/mol. The first-order valence-corrected chi connectivity index (χ1v) is 5.37. The van der Waals surface area contributed by atoms with Gasteiger partial charge in [0.25, 0.3) is 0 Å². The number of ether oxygens (including phenoxy) is 1. The predicted octanol–water partition coefficient (Wildman–Crippen LogP) is 2.92. The number of methoxy groups -OCH3 is 1. The van der Waals surface area contributed by atoms with Crippen LogP contribution in [0, 0.1) is 13.8 Å². The van der Waals surface area contributed by atoms with E-state index in [0.717, 1.165) is 13.2 Å². The summed E-state index contributed by atoms with van der Waals surface area (Å²) in [7, 11) is 1.76. The molecule has 0 bridgehead atoms. The number of unbranched alkanes of at least 4 members (excludes halogenated alkanes) is 2. The second-order valence-corrected chi connectivity index (χ2v) is 3.82. The van der Waals surface area contributed by atoms with E-state index < -0.39 is 0 Å². The van der Waals surface area contributed by atoms with Crippen LogP contribution < -0.4 is 0 Å². The minimum atomic E-state index is 0.893. The minimum Gasteiger partial charge on any atom is -0.385 e. The van der Waals surface area contributed by atoms with E-state index in [9.17, 15) is 0 Å². The monoisotopic (exact) mass is 195 g/mol. The average Bonchev–Trinajstić information content (AvgIpc) is 2.48. The number of rotatable bonds is 6. The third-order valence-corrected chi connectivity index (χ3v) is 2.65. The summed E-state index contributed by atoms with van der Waals surface area (Å²) in [6.45, 7) is 6.38. The van der Waals surface area contributed by atoms with Crippen LogP contribution in [0.1, 0.15) is 30.7 Å². The van der Waals surface area contributed by atoms with E-state index in [4.69, 9.17) is 4.74 Å². The molecule has 0 aliphatic carbocycles. The summed E-state index contributed by atoms with van der Waals surface area (Å²) >= 11 is 0.